The maximum absolute atomic E-state index is 12.4. The van der Waals surface area contributed by atoms with E-state index < -0.39 is 17.6 Å². The van der Waals surface area contributed by atoms with Crippen LogP contribution in [-0.4, -0.2) is 37.2 Å². The third-order valence-electron chi connectivity index (χ3n) is 1.70. The highest BCUT2D eigenvalue weighted by molar-refractivity contribution is 5.67. The first-order valence-electron chi connectivity index (χ1n) is 6.41. The molecule has 0 aromatic carbocycles. The summed E-state index contributed by atoms with van der Waals surface area (Å²) in [6.45, 7) is 8.96. The van der Waals surface area contributed by atoms with Crippen LogP contribution in [0.15, 0.2) is 0 Å². The van der Waals surface area contributed by atoms with Crippen molar-refractivity contribution in [2.45, 2.75) is 59.0 Å². The van der Waals surface area contributed by atoms with Crippen molar-refractivity contribution in [1.29, 1.82) is 0 Å². The number of hydrogen-bond acceptors (Lipinski definition) is 4. The summed E-state index contributed by atoms with van der Waals surface area (Å²) < 4.78 is 33.8. The zero-order valence-corrected chi connectivity index (χ0v) is 12.8. The predicted octanol–water partition coefficient (Wildman–Crippen LogP) is 3.13. The minimum Gasteiger partial charge on any atom is -0.468 e. The topological polar surface area (TPSA) is 64.6 Å². The molecule has 0 heterocycles. The van der Waals surface area contributed by atoms with Crippen LogP contribution >= 0.6 is 0 Å². The number of amides is 1. The molecular weight excluding hydrogens is 272 g/mol. The highest BCUT2D eigenvalue weighted by atomic mass is 19.3. The Hall–Kier alpha value is -1.40. The average molecular weight is 297 g/mol. The first-order chi connectivity index (χ1) is 9.02. The van der Waals surface area contributed by atoms with E-state index in [1.54, 1.807) is 27.7 Å². The van der Waals surface area contributed by atoms with Gasteiger partial charge in [0.1, 0.15) is 5.60 Å². The molecule has 0 unspecified atom stereocenters. The van der Waals surface area contributed by atoms with Gasteiger partial charge in [-0.2, -0.15) is 0 Å². The predicted molar refractivity (Wildman–Crippen MR) is 71.8 cm³/mol. The van der Waals surface area contributed by atoms with Crippen molar-refractivity contribution in [2.75, 3.05) is 13.2 Å². The number of alkyl carbamates (subject to hydrolysis) is 1. The van der Waals surface area contributed by atoms with Crippen molar-refractivity contribution in [2.24, 2.45) is 0 Å². The van der Waals surface area contributed by atoms with Gasteiger partial charge in [0.25, 0.3) is 6.47 Å². The molecule has 0 aliphatic carbocycles. The molecule has 0 atom stereocenters. The van der Waals surface area contributed by atoms with Crippen molar-refractivity contribution < 1.29 is 27.8 Å². The molecule has 0 aromatic rings. The zero-order valence-electron chi connectivity index (χ0n) is 12.8. The van der Waals surface area contributed by atoms with E-state index in [0.717, 1.165) is 6.92 Å². The molecule has 0 fully saturated rings. The summed E-state index contributed by atoms with van der Waals surface area (Å²) in [7, 11) is 0. The SMILES string of the molecule is CC(F)(F)CCCNC(=O)OC(C)(C)C.CCOC=O. The van der Waals surface area contributed by atoms with Crippen LogP contribution in [0.5, 0.6) is 0 Å². The van der Waals surface area contributed by atoms with Crippen molar-refractivity contribution in [3.05, 3.63) is 0 Å². The highest BCUT2D eigenvalue weighted by Gasteiger charge is 2.20. The number of ether oxygens (including phenoxy) is 2. The van der Waals surface area contributed by atoms with Crippen molar-refractivity contribution in [3.8, 4) is 0 Å². The van der Waals surface area contributed by atoms with Crippen LogP contribution in [0.4, 0.5) is 13.6 Å². The largest absolute Gasteiger partial charge is 0.468 e. The Bertz CT molecular complexity index is 273. The van der Waals surface area contributed by atoms with Crippen LogP contribution in [0.1, 0.15) is 47.5 Å². The Balaban J connectivity index is 0. The summed E-state index contributed by atoms with van der Waals surface area (Å²) in [5.74, 6) is -2.67. The van der Waals surface area contributed by atoms with Gasteiger partial charge in [0.05, 0.1) is 6.61 Å². The quantitative estimate of drug-likeness (QED) is 0.604. The molecule has 5 nitrogen and oxygen atoms in total. The summed E-state index contributed by atoms with van der Waals surface area (Å²) >= 11 is 0. The fourth-order valence-corrected chi connectivity index (χ4v) is 0.971. The molecule has 7 heteroatoms. The van der Waals surface area contributed by atoms with Gasteiger partial charge in [-0.25, -0.2) is 13.6 Å². The van der Waals surface area contributed by atoms with Gasteiger partial charge in [0.15, 0.2) is 0 Å². The lowest BCUT2D eigenvalue weighted by atomic mass is 10.2. The molecule has 0 saturated carbocycles. The molecule has 0 saturated heterocycles. The summed E-state index contributed by atoms with van der Waals surface area (Å²) in [5, 5.41) is 2.42. The fourth-order valence-electron chi connectivity index (χ4n) is 0.971. The van der Waals surface area contributed by atoms with E-state index in [4.69, 9.17) is 4.74 Å². The van der Waals surface area contributed by atoms with Crippen LogP contribution in [0.3, 0.4) is 0 Å². The van der Waals surface area contributed by atoms with E-state index >= 15 is 0 Å². The minimum absolute atomic E-state index is 0.207. The van der Waals surface area contributed by atoms with Crippen LogP contribution in [0, 0.1) is 0 Å². The maximum atomic E-state index is 12.4. The van der Waals surface area contributed by atoms with E-state index in [0.29, 0.717) is 13.1 Å². The van der Waals surface area contributed by atoms with Crippen LogP contribution < -0.4 is 5.32 Å². The van der Waals surface area contributed by atoms with Gasteiger partial charge in [-0.05, 0) is 41.0 Å². The van der Waals surface area contributed by atoms with Gasteiger partial charge in [0.2, 0.25) is 5.92 Å². The molecule has 0 aliphatic rings. The molecule has 0 radical (unpaired) electrons. The van der Waals surface area contributed by atoms with Gasteiger partial charge in [-0.1, -0.05) is 0 Å². The van der Waals surface area contributed by atoms with Crippen molar-refractivity contribution >= 4 is 12.6 Å². The first kappa shape index (κ1) is 20.9. The molecule has 0 rings (SSSR count). The Morgan fingerprint density at radius 2 is 1.80 bits per heavy atom. The maximum Gasteiger partial charge on any atom is 0.407 e. The van der Waals surface area contributed by atoms with Crippen molar-refractivity contribution in [3.63, 3.8) is 0 Å². The second-order valence-electron chi connectivity index (χ2n) is 5.15. The summed E-state index contributed by atoms with van der Waals surface area (Å²) in [6, 6.07) is 0. The molecule has 0 spiro atoms. The number of hydrogen-bond donors (Lipinski definition) is 1. The minimum atomic E-state index is -2.67. The lowest BCUT2D eigenvalue weighted by molar-refractivity contribution is -0.128. The lowest BCUT2D eigenvalue weighted by Gasteiger charge is -2.19. The Morgan fingerprint density at radius 1 is 1.25 bits per heavy atom. The number of nitrogens with one attached hydrogen (secondary N) is 1. The van der Waals surface area contributed by atoms with E-state index in [9.17, 15) is 18.4 Å². The van der Waals surface area contributed by atoms with Crippen LogP contribution in [0.2, 0.25) is 0 Å². The molecule has 1 amide bonds. The summed E-state index contributed by atoms with van der Waals surface area (Å²) in [4.78, 5) is 20.2. The third-order valence-corrected chi connectivity index (χ3v) is 1.70. The average Bonchev–Trinajstić information content (AvgIpc) is 2.23. The molecule has 0 bridgehead atoms. The molecular formula is C13H25F2NO4. The van der Waals surface area contributed by atoms with Crippen LogP contribution in [0.25, 0.3) is 0 Å². The first-order valence-corrected chi connectivity index (χ1v) is 6.41. The van der Waals surface area contributed by atoms with Gasteiger partial charge in [-0.15, -0.1) is 0 Å². The van der Waals surface area contributed by atoms with Gasteiger partial charge in [0, 0.05) is 13.0 Å². The standard InChI is InChI=1S/C10H19F2NO2.C3H6O2/c1-9(2,3)15-8(14)13-7-5-6-10(4,11)12;1-2-5-3-4/h5-7H2,1-4H3,(H,13,14);3H,2H2,1H3. The van der Waals surface area contributed by atoms with Crippen molar-refractivity contribution in [1.82, 2.24) is 5.32 Å². The molecule has 1 N–H and O–H groups in total. The Labute approximate surface area is 119 Å². The van der Waals surface area contributed by atoms with E-state index in [-0.39, 0.29) is 19.4 Å². The zero-order chi connectivity index (χ0) is 16.2. The van der Waals surface area contributed by atoms with E-state index in [2.05, 4.69) is 10.1 Å². The summed E-state index contributed by atoms with van der Waals surface area (Å²) in [6.07, 6.45) is -0.562. The smallest absolute Gasteiger partial charge is 0.407 e. The number of rotatable bonds is 6. The number of carbonyl (C=O) groups is 2. The normalized spacial score (nSPS) is 10.9. The molecule has 0 aromatic heterocycles. The number of alkyl halides is 2. The second kappa shape index (κ2) is 10.4. The fraction of sp³-hybridized carbons (Fsp3) is 0.846. The molecule has 120 valence electrons. The summed E-state index contributed by atoms with van der Waals surface area (Å²) in [5.41, 5.74) is -0.557. The third kappa shape index (κ3) is 21.8. The Kier molecular flexibility index (Phi) is 10.9. The van der Waals surface area contributed by atoms with Gasteiger partial charge < -0.3 is 14.8 Å². The lowest BCUT2D eigenvalue weighted by Crippen LogP contribution is -2.33. The van der Waals surface area contributed by atoms with Gasteiger partial charge in [-0.3, -0.25) is 4.79 Å². The van der Waals surface area contributed by atoms with Crippen LogP contribution in [-0.2, 0) is 14.3 Å². The Morgan fingerprint density at radius 3 is 2.10 bits per heavy atom. The number of carbonyl (C=O) groups excluding carboxylic acids is 2. The molecule has 20 heavy (non-hydrogen) atoms. The number of halogens is 2. The molecule has 0 aliphatic heterocycles. The van der Waals surface area contributed by atoms with E-state index in [1.165, 1.54) is 0 Å². The van der Waals surface area contributed by atoms with Gasteiger partial charge >= 0.3 is 6.09 Å². The monoisotopic (exact) mass is 297 g/mol. The van der Waals surface area contributed by atoms with E-state index in [1.807, 2.05) is 0 Å². The highest BCUT2D eigenvalue weighted by Crippen LogP contribution is 2.17. The second-order valence-corrected chi connectivity index (χ2v) is 5.15.